The van der Waals surface area contributed by atoms with Gasteiger partial charge >= 0.3 is 6.18 Å². The second kappa shape index (κ2) is 22.6. The summed E-state index contributed by atoms with van der Waals surface area (Å²) in [4.78, 5) is 69.8. The second-order valence-electron chi connectivity index (χ2n) is 19.7. The Morgan fingerprint density at radius 2 is 1.63 bits per heavy atom. The van der Waals surface area contributed by atoms with Crippen LogP contribution in [-0.2, 0) is 34.8 Å². The van der Waals surface area contributed by atoms with Crippen molar-refractivity contribution in [2.45, 2.75) is 139 Å². The molecular weight excluding hydrogens is 886 g/mol. The number of nitrogens with zero attached hydrogens (tertiary/aromatic N) is 5. The second-order valence-corrected chi connectivity index (χ2v) is 19.7. The number of carbonyl (C=O) groups is 4. The fraction of sp³-hybridized carbons (Fsp3) is 0.646. The molecule has 2 aliphatic heterocycles. The van der Waals surface area contributed by atoms with Crippen LogP contribution < -0.4 is 26.6 Å². The number of pyridine rings is 1. The molecule has 2 aliphatic carbocycles. The number of aliphatic hydroxyl groups is 1. The Balaban J connectivity index is 0.812. The smallest absolute Gasteiger partial charge is 0.379 e. The zero-order chi connectivity index (χ0) is 48.6. The highest BCUT2D eigenvalue weighted by Gasteiger charge is 2.45. The third-order valence-electron chi connectivity index (χ3n) is 13.7. The minimum Gasteiger partial charge on any atom is -0.379 e. The van der Waals surface area contributed by atoms with E-state index in [0.717, 1.165) is 24.1 Å². The van der Waals surface area contributed by atoms with Gasteiger partial charge in [-0.15, -0.1) is 0 Å². The van der Waals surface area contributed by atoms with Gasteiger partial charge in [-0.3, -0.25) is 29.1 Å². The standard InChI is InChI=1S/C48H67F3N10O7/c1-47(2,3)59-33-12-14-39(61-19-15-37(46(61)66)57-43-34-24-31(48(49,50)51)9-13-36(34)54-28-55-43)38(25-33)58-44(64)29-7-10-32(11-8-29)56-40(62)16-20-67-22-23-68-21-18-53-45(65)35-26-41(63)60(4)42(35)30-6-5-17-52-27-30/h5-6,9,13,17,24,27-29,32-33,35,37-39,41-42,59,63H,7-8,10-12,14-16,18-23,25-26H2,1-4H3,(H,53,65)(H,56,62)(H,58,64)(H,54,55,57)/t29-,32+,33-,35+,37+,38-,39+,41?,42-/m1/s1. The number of fused-ring (bicyclic) bond motifs is 1. The van der Waals surface area contributed by atoms with E-state index in [9.17, 15) is 37.5 Å². The van der Waals surface area contributed by atoms with E-state index in [1.165, 1.54) is 12.4 Å². The SMILES string of the molecule is CN1C(O)C[C@H](C(=O)NCCOCCOCCC(=O)N[C@H]2CC[C@@H](C(=O)N[C@@H]3C[C@H](NC(C)(C)C)CC[C@@H]3N3CC[C@H](Nc4ncnc5ccc(C(F)(F)F)cc45)C3=O)CC2)[C@H]1c1cccnc1. The molecular formula is C48H67F3N10O7. The molecule has 1 unspecified atom stereocenters. The molecule has 7 atom stereocenters. The molecule has 68 heavy (non-hydrogen) atoms. The summed E-state index contributed by atoms with van der Waals surface area (Å²) in [6.45, 7) is 8.12. The molecule has 4 amide bonds. The van der Waals surface area contributed by atoms with Crippen molar-refractivity contribution in [2.24, 2.45) is 11.8 Å². The maximum absolute atomic E-state index is 14.0. The summed E-state index contributed by atoms with van der Waals surface area (Å²) in [5, 5.41) is 26.7. The van der Waals surface area contributed by atoms with Crippen LogP contribution in [0.25, 0.3) is 10.9 Å². The molecule has 20 heteroatoms. The number of aromatic nitrogens is 3. The quantitative estimate of drug-likeness (QED) is 0.0995. The van der Waals surface area contributed by atoms with Gasteiger partial charge in [0.1, 0.15) is 24.4 Å². The lowest BCUT2D eigenvalue weighted by Crippen LogP contribution is -2.60. The topological polar surface area (TPSA) is 212 Å². The van der Waals surface area contributed by atoms with Gasteiger partial charge in [-0.05, 0) is 109 Å². The number of likely N-dealkylation sites (tertiary alicyclic amines) is 2. The molecule has 4 aliphatic rings. The molecule has 17 nitrogen and oxygen atoms in total. The maximum Gasteiger partial charge on any atom is 0.416 e. The summed E-state index contributed by atoms with van der Waals surface area (Å²) in [7, 11) is 1.79. The molecule has 2 saturated carbocycles. The zero-order valence-corrected chi connectivity index (χ0v) is 39.4. The minimum atomic E-state index is -4.55. The summed E-state index contributed by atoms with van der Waals surface area (Å²) in [5.41, 5.74) is 0.214. The number of hydrogen-bond donors (Lipinski definition) is 6. The van der Waals surface area contributed by atoms with Crippen LogP contribution in [0.1, 0.15) is 102 Å². The number of anilines is 1. The molecule has 7 rings (SSSR count). The van der Waals surface area contributed by atoms with E-state index in [-0.39, 0.29) is 103 Å². The molecule has 6 N–H and O–H groups in total. The van der Waals surface area contributed by atoms with Crippen molar-refractivity contribution < 1.29 is 46.9 Å². The Morgan fingerprint density at radius 1 is 0.882 bits per heavy atom. The monoisotopic (exact) mass is 953 g/mol. The first-order valence-electron chi connectivity index (χ1n) is 23.9. The average molecular weight is 953 g/mol. The molecule has 1 aromatic carbocycles. The van der Waals surface area contributed by atoms with E-state index in [2.05, 4.69) is 62.3 Å². The summed E-state index contributed by atoms with van der Waals surface area (Å²) < 4.78 is 52.0. The van der Waals surface area contributed by atoms with Crippen LogP contribution in [0.4, 0.5) is 19.0 Å². The van der Waals surface area contributed by atoms with Crippen LogP contribution in [0.3, 0.4) is 0 Å². The average Bonchev–Trinajstić information content (AvgIpc) is 3.81. The van der Waals surface area contributed by atoms with Crippen molar-refractivity contribution in [1.82, 2.24) is 46.0 Å². The largest absolute Gasteiger partial charge is 0.416 e. The van der Waals surface area contributed by atoms with E-state index in [4.69, 9.17) is 9.47 Å². The third kappa shape index (κ3) is 13.2. The number of hydrogen-bond acceptors (Lipinski definition) is 13. The number of rotatable bonds is 18. The van der Waals surface area contributed by atoms with E-state index in [1.807, 2.05) is 17.0 Å². The Hall–Kier alpha value is -5.02. The number of carbonyl (C=O) groups excluding carboxylic acids is 4. The van der Waals surface area contributed by atoms with Crippen LogP contribution in [0.2, 0.25) is 0 Å². The summed E-state index contributed by atoms with van der Waals surface area (Å²) >= 11 is 0. The van der Waals surface area contributed by atoms with Gasteiger partial charge in [0.15, 0.2) is 0 Å². The van der Waals surface area contributed by atoms with Gasteiger partial charge in [0.2, 0.25) is 23.6 Å². The fourth-order valence-corrected chi connectivity index (χ4v) is 10.3. The van der Waals surface area contributed by atoms with Crippen LogP contribution in [0.5, 0.6) is 0 Å². The van der Waals surface area contributed by atoms with Gasteiger partial charge in [0.25, 0.3) is 0 Å². The first kappa shape index (κ1) is 50.8. The normalized spacial score (nSPS) is 27.0. The van der Waals surface area contributed by atoms with Crippen LogP contribution >= 0.6 is 0 Å². The van der Waals surface area contributed by atoms with Crippen molar-refractivity contribution in [3.8, 4) is 0 Å². The highest BCUT2D eigenvalue weighted by Crippen LogP contribution is 2.39. The van der Waals surface area contributed by atoms with Crippen molar-refractivity contribution in [3.05, 3.63) is 60.2 Å². The van der Waals surface area contributed by atoms with Crippen molar-refractivity contribution >= 4 is 40.3 Å². The number of amides is 4. The molecule has 0 radical (unpaired) electrons. The number of aliphatic hydroxyl groups excluding tert-OH is 1. The Kier molecular flexibility index (Phi) is 16.9. The lowest BCUT2D eigenvalue weighted by atomic mass is 9.82. The molecule has 0 spiro atoms. The van der Waals surface area contributed by atoms with Crippen LogP contribution in [0, 0.1) is 11.8 Å². The Morgan fingerprint density at radius 3 is 2.35 bits per heavy atom. The number of benzene rings is 1. The molecule has 372 valence electrons. The Bertz CT molecular complexity index is 2190. The first-order valence-corrected chi connectivity index (χ1v) is 23.9. The maximum atomic E-state index is 14.0. The van der Waals surface area contributed by atoms with Gasteiger partial charge in [0.05, 0.1) is 61.6 Å². The van der Waals surface area contributed by atoms with E-state index in [1.54, 1.807) is 24.3 Å². The van der Waals surface area contributed by atoms with Crippen molar-refractivity contribution in [2.75, 3.05) is 51.9 Å². The van der Waals surface area contributed by atoms with Gasteiger partial charge < -0.3 is 46.1 Å². The number of halogens is 3. The van der Waals surface area contributed by atoms with E-state index < -0.39 is 29.9 Å². The summed E-state index contributed by atoms with van der Waals surface area (Å²) in [5.74, 6) is -1.03. The number of alkyl halides is 3. The first-order chi connectivity index (χ1) is 32.4. The fourth-order valence-electron chi connectivity index (χ4n) is 10.3. The lowest BCUT2D eigenvalue weighted by Gasteiger charge is -2.43. The molecule has 2 saturated heterocycles. The minimum absolute atomic E-state index is 0.0564. The van der Waals surface area contributed by atoms with Crippen molar-refractivity contribution in [3.63, 3.8) is 0 Å². The van der Waals surface area contributed by atoms with E-state index >= 15 is 0 Å². The Labute approximate surface area is 395 Å². The summed E-state index contributed by atoms with van der Waals surface area (Å²) in [6.07, 6.45) is 4.92. The molecule has 3 aromatic rings. The van der Waals surface area contributed by atoms with Gasteiger partial charge in [-0.2, -0.15) is 13.2 Å². The van der Waals surface area contributed by atoms with E-state index in [0.29, 0.717) is 76.6 Å². The summed E-state index contributed by atoms with van der Waals surface area (Å²) in [6, 6.07) is 5.49. The number of ether oxygens (including phenoxy) is 2. The van der Waals surface area contributed by atoms with Crippen LogP contribution in [0.15, 0.2) is 49.1 Å². The molecule has 4 heterocycles. The molecule has 2 aromatic heterocycles. The van der Waals surface area contributed by atoms with Gasteiger partial charge in [-0.25, -0.2) is 9.97 Å². The van der Waals surface area contributed by atoms with Crippen molar-refractivity contribution in [1.29, 1.82) is 0 Å². The van der Waals surface area contributed by atoms with Gasteiger partial charge in [-0.1, -0.05) is 6.07 Å². The number of nitrogens with one attached hydrogen (secondary N) is 5. The van der Waals surface area contributed by atoms with Crippen LogP contribution in [-0.4, -0.2) is 142 Å². The molecule has 0 bridgehead atoms. The predicted molar refractivity (Wildman–Crippen MR) is 247 cm³/mol. The third-order valence-corrected chi connectivity index (χ3v) is 13.7. The highest BCUT2D eigenvalue weighted by atomic mass is 19.4. The lowest BCUT2D eigenvalue weighted by molar-refractivity contribution is -0.137. The van der Waals surface area contributed by atoms with Gasteiger partial charge in [0, 0.05) is 67.3 Å². The highest BCUT2D eigenvalue weighted by molar-refractivity contribution is 5.93. The molecule has 4 fully saturated rings. The zero-order valence-electron chi connectivity index (χ0n) is 39.4. The predicted octanol–water partition coefficient (Wildman–Crippen LogP) is 4.08.